The van der Waals surface area contributed by atoms with Gasteiger partial charge in [0.05, 0.1) is 24.3 Å². The van der Waals surface area contributed by atoms with Crippen LogP contribution in [-0.2, 0) is 13.0 Å². The van der Waals surface area contributed by atoms with Gasteiger partial charge in [0, 0.05) is 24.2 Å². The largest absolute Gasteiger partial charge is 0.347 e. The molecule has 1 aromatic heterocycles. The Morgan fingerprint density at radius 3 is 3.20 bits per heavy atom. The van der Waals surface area contributed by atoms with Gasteiger partial charge in [-0.05, 0) is 19.1 Å². The molecule has 2 aromatic rings. The number of aromatic nitrogens is 2. The van der Waals surface area contributed by atoms with Crippen molar-refractivity contribution >= 4 is 11.7 Å². The normalized spacial score (nSPS) is 14.0. The van der Waals surface area contributed by atoms with E-state index in [9.17, 15) is 9.18 Å². The number of amides is 2. The van der Waals surface area contributed by atoms with Gasteiger partial charge < -0.3 is 15.2 Å². The minimum absolute atomic E-state index is 0.223. The highest BCUT2D eigenvalue weighted by Gasteiger charge is 2.22. The van der Waals surface area contributed by atoms with Crippen LogP contribution >= 0.6 is 0 Å². The van der Waals surface area contributed by atoms with E-state index in [-0.39, 0.29) is 11.8 Å². The second-order valence-electron chi connectivity index (χ2n) is 4.84. The lowest BCUT2D eigenvalue weighted by atomic mass is 10.1. The van der Waals surface area contributed by atoms with Crippen LogP contribution in [0.1, 0.15) is 17.0 Å². The Bertz CT molecular complexity index is 652. The molecule has 0 aliphatic carbocycles. The number of carbonyl (C=O) groups excluding carboxylic acids is 1. The first-order valence-electron chi connectivity index (χ1n) is 6.47. The summed E-state index contributed by atoms with van der Waals surface area (Å²) >= 11 is 0. The Hall–Kier alpha value is -2.37. The van der Waals surface area contributed by atoms with Gasteiger partial charge in [-0.3, -0.25) is 0 Å². The number of imidazole rings is 1. The Morgan fingerprint density at radius 2 is 2.35 bits per heavy atom. The van der Waals surface area contributed by atoms with Crippen LogP contribution in [0.3, 0.4) is 0 Å². The first-order valence-corrected chi connectivity index (χ1v) is 6.47. The maximum atomic E-state index is 13.4. The van der Waals surface area contributed by atoms with Gasteiger partial charge >= 0.3 is 6.03 Å². The molecule has 2 heterocycles. The Labute approximate surface area is 115 Å². The van der Waals surface area contributed by atoms with Crippen molar-refractivity contribution in [2.75, 3.05) is 11.9 Å². The second-order valence-corrected chi connectivity index (χ2v) is 4.84. The predicted molar refractivity (Wildman–Crippen MR) is 72.9 cm³/mol. The summed E-state index contributed by atoms with van der Waals surface area (Å²) in [5, 5.41) is 2.76. The lowest BCUT2D eigenvalue weighted by Gasteiger charge is -2.26. The number of rotatable bonds is 1. The van der Waals surface area contributed by atoms with E-state index in [2.05, 4.69) is 15.3 Å². The van der Waals surface area contributed by atoms with Crippen LogP contribution in [0.2, 0.25) is 0 Å². The van der Waals surface area contributed by atoms with Crippen molar-refractivity contribution in [2.45, 2.75) is 19.9 Å². The van der Waals surface area contributed by atoms with E-state index in [1.165, 1.54) is 6.07 Å². The van der Waals surface area contributed by atoms with Crippen LogP contribution in [0.5, 0.6) is 0 Å². The number of anilines is 1. The van der Waals surface area contributed by atoms with Gasteiger partial charge in [0.2, 0.25) is 0 Å². The molecule has 1 aromatic carbocycles. The fourth-order valence-corrected chi connectivity index (χ4v) is 2.32. The Balaban J connectivity index is 1.73. The molecule has 0 atom stereocenters. The first-order chi connectivity index (χ1) is 9.65. The number of nitrogens with one attached hydrogen (secondary N) is 2. The molecule has 0 saturated carbocycles. The van der Waals surface area contributed by atoms with E-state index in [4.69, 9.17) is 0 Å². The standard InChI is InChI=1S/C14H15FN4O/c1-9-10(15)3-2-4-11(9)18-14(20)19-6-5-12-13(7-19)17-8-16-12/h2-4,8H,5-7H2,1H3,(H,16,17)(H,18,20). The maximum Gasteiger partial charge on any atom is 0.322 e. The zero-order chi connectivity index (χ0) is 14.1. The van der Waals surface area contributed by atoms with Crippen LogP contribution in [0.4, 0.5) is 14.9 Å². The molecular weight excluding hydrogens is 259 g/mol. The molecule has 6 heteroatoms. The average Bonchev–Trinajstić information content (AvgIpc) is 2.91. The summed E-state index contributed by atoms with van der Waals surface area (Å²) in [6, 6.07) is 4.44. The molecule has 0 spiro atoms. The summed E-state index contributed by atoms with van der Waals surface area (Å²) in [6.07, 6.45) is 2.37. The first kappa shape index (κ1) is 12.7. The molecule has 20 heavy (non-hydrogen) atoms. The topological polar surface area (TPSA) is 61.0 Å². The number of H-pyrrole nitrogens is 1. The number of halogens is 1. The fourth-order valence-electron chi connectivity index (χ4n) is 2.32. The monoisotopic (exact) mass is 274 g/mol. The van der Waals surface area contributed by atoms with Crippen LogP contribution in [0.25, 0.3) is 0 Å². The summed E-state index contributed by atoms with van der Waals surface area (Å²) in [4.78, 5) is 21.1. The number of benzene rings is 1. The van der Waals surface area contributed by atoms with Gasteiger partial charge in [-0.15, -0.1) is 0 Å². The van der Waals surface area contributed by atoms with Crippen molar-refractivity contribution in [3.05, 3.63) is 47.3 Å². The van der Waals surface area contributed by atoms with Crippen molar-refractivity contribution in [1.29, 1.82) is 0 Å². The minimum atomic E-state index is -0.322. The quantitative estimate of drug-likeness (QED) is 0.839. The van der Waals surface area contributed by atoms with E-state index in [0.29, 0.717) is 24.3 Å². The molecule has 0 unspecified atom stereocenters. The summed E-state index contributed by atoms with van der Waals surface area (Å²) in [5.74, 6) is -0.322. The van der Waals surface area contributed by atoms with E-state index in [1.54, 1.807) is 30.3 Å². The molecule has 2 amide bonds. The minimum Gasteiger partial charge on any atom is -0.347 e. The fraction of sp³-hybridized carbons (Fsp3) is 0.286. The van der Waals surface area contributed by atoms with E-state index in [1.807, 2.05) is 0 Å². The summed E-state index contributed by atoms with van der Waals surface area (Å²) in [5.41, 5.74) is 2.92. The highest BCUT2D eigenvalue weighted by atomic mass is 19.1. The Morgan fingerprint density at radius 1 is 1.50 bits per heavy atom. The lowest BCUT2D eigenvalue weighted by molar-refractivity contribution is 0.205. The number of aromatic amines is 1. The van der Waals surface area contributed by atoms with Crippen molar-refractivity contribution in [1.82, 2.24) is 14.9 Å². The van der Waals surface area contributed by atoms with Crippen LogP contribution in [-0.4, -0.2) is 27.4 Å². The molecule has 3 rings (SSSR count). The third kappa shape index (κ3) is 2.24. The summed E-state index contributed by atoms with van der Waals surface area (Å²) in [7, 11) is 0. The molecule has 1 aliphatic rings. The summed E-state index contributed by atoms with van der Waals surface area (Å²) < 4.78 is 13.4. The van der Waals surface area contributed by atoms with Crippen LogP contribution in [0, 0.1) is 12.7 Å². The molecule has 0 bridgehead atoms. The lowest BCUT2D eigenvalue weighted by Crippen LogP contribution is -2.39. The SMILES string of the molecule is Cc1c(F)cccc1NC(=O)N1CCc2nc[nH]c2C1. The molecule has 0 saturated heterocycles. The molecule has 1 aliphatic heterocycles. The maximum absolute atomic E-state index is 13.4. The highest BCUT2D eigenvalue weighted by molar-refractivity contribution is 5.90. The molecular formula is C14H15FN4O. The molecule has 0 fully saturated rings. The van der Waals surface area contributed by atoms with Gasteiger partial charge in [0.25, 0.3) is 0 Å². The van der Waals surface area contributed by atoms with Crippen molar-refractivity contribution in [3.8, 4) is 0 Å². The van der Waals surface area contributed by atoms with E-state index < -0.39 is 0 Å². The van der Waals surface area contributed by atoms with Crippen LogP contribution in [0.15, 0.2) is 24.5 Å². The van der Waals surface area contributed by atoms with Gasteiger partial charge in [0.1, 0.15) is 5.82 Å². The highest BCUT2D eigenvalue weighted by Crippen LogP contribution is 2.20. The molecule has 104 valence electrons. The van der Waals surface area contributed by atoms with Crippen molar-refractivity contribution < 1.29 is 9.18 Å². The Kier molecular flexibility index (Phi) is 3.14. The summed E-state index contributed by atoms with van der Waals surface area (Å²) in [6.45, 7) is 2.75. The molecule has 2 N–H and O–H groups in total. The number of urea groups is 1. The van der Waals surface area contributed by atoms with E-state index >= 15 is 0 Å². The smallest absolute Gasteiger partial charge is 0.322 e. The third-order valence-electron chi connectivity index (χ3n) is 3.57. The zero-order valence-electron chi connectivity index (χ0n) is 11.1. The number of hydrogen-bond donors (Lipinski definition) is 2. The van der Waals surface area contributed by atoms with Gasteiger partial charge in [0.15, 0.2) is 0 Å². The third-order valence-corrected chi connectivity index (χ3v) is 3.57. The van der Waals surface area contributed by atoms with Gasteiger partial charge in [-0.2, -0.15) is 0 Å². The zero-order valence-corrected chi connectivity index (χ0v) is 11.1. The van der Waals surface area contributed by atoms with Crippen LogP contribution < -0.4 is 5.32 Å². The van der Waals surface area contributed by atoms with E-state index in [0.717, 1.165) is 17.8 Å². The molecule has 0 radical (unpaired) electrons. The molecule has 5 nitrogen and oxygen atoms in total. The van der Waals surface area contributed by atoms with Gasteiger partial charge in [-0.1, -0.05) is 6.07 Å². The van der Waals surface area contributed by atoms with Gasteiger partial charge in [-0.25, -0.2) is 14.2 Å². The van der Waals surface area contributed by atoms with Crippen molar-refractivity contribution in [2.24, 2.45) is 0 Å². The van der Waals surface area contributed by atoms with Crippen molar-refractivity contribution in [3.63, 3.8) is 0 Å². The second kappa shape index (κ2) is 4.96. The average molecular weight is 274 g/mol. The number of carbonyl (C=O) groups is 1. The predicted octanol–water partition coefficient (Wildman–Crippen LogP) is 2.45. The number of hydrogen-bond acceptors (Lipinski definition) is 2. The number of nitrogens with zero attached hydrogens (tertiary/aromatic N) is 2. The number of fused-ring (bicyclic) bond motifs is 1.